The predicted octanol–water partition coefficient (Wildman–Crippen LogP) is 8.19. The number of thiocarbonyl (C=S) groups is 1. The zero-order valence-electron chi connectivity index (χ0n) is 19.1. The summed E-state index contributed by atoms with van der Waals surface area (Å²) in [5, 5.41) is 11.3. The molecule has 190 valence electrons. The molecule has 1 aliphatic rings. The van der Waals surface area contributed by atoms with E-state index in [0.29, 0.717) is 37.1 Å². The summed E-state index contributed by atoms with van der Waals surface area (Å²) < 4.78 is 45.2. The number of thioether (sulfide) groups is 1. The molecule has 0 radical (unpaired) electrons. The minimum atomic E-state index is -4.73. The van der Waals surface area contributed by atoms with Crippen LogP contribution in [0.3, 0.4) is 0 Å². The number of carbonyl (C=O) groups is 1. The van der Waals surface area contributed by atoms with E-state index in [2.05, 4.69) is 15.9 Å². The van der Waals surface area contributed by atoms with E-state index in [0.717, 1.165) is 29.0 Å². The largest absolute Gasteiger partial charge is 0.449 e. The Morgan fingerprint density at radius 2 is 1.78 bits per heavy atom. The molecule has 1 heterocycles. The number of rotatable bonds is 5. The van der Waals surface area contributed by atoms with Gasteiger partial charge in [0.25, 0.3) is 5.91 Å². The van der Waals surface area contributed by atoms with Crippen LogP contribution in [0, 0.1) is 24.0 Å². The average Bonchev–Trinajstić information content (AvgIpc) is 3.07. The molecule has 1 saturated heterocycles. The first-order valence-electron chi connectivity index (χ1n) is 10.5. The van der Waals surface area contributed by atoms with Gasteiger partial charge in [-0.1, -0.05) is 47.7 Å². The molecule has 6 nitrogen and oxygen atoms in total. The van der Waals surface area contributed by atoms with Gasteiger partial charge in [-0.15, -0.1) is 0 Å². The second-order valence-corrected chi connectivity index (χ2v) is 10.6. The fourth-order valence-electron chi connectivity index (χ4n) is 3.61. The number of hydrogen-bond donors (Lipinski definition) is 0. The molecule has 4 rings (SSSR count). The number of carbonyl (C=O) groups excluding carboxylic acids is 1. The zero-order valence-corrected chi connectivity index (χ0v) is 22.3. The lowest BCUT2D eigenvalue weighted by molar-refractivity contribution is -0.385. The van der Waals surface area contributed by atoms with Gasteiger partial charge in [0.05, 0.1) is 25.6 Å². The molecule has 12 heteroatoms. The van der Waals surface area contributed by atoms with Gasteiger partial charge < -0.3 is 4.74 Å². The lowest BCUT2D eigenvalue weighted by Crippen LogP contribution is -2.28. The highest BCUT2D eigenvalue weighted by molar-refractivity contribution is 9.10. The molecule has 0 unspecified atom stereocenters. The number of alkyl halides is 3. The van der Waals surface area contributed by atoms with Crippen LogP contribution in [0.25, 0.3) is 6.08 Å². The standard InChI is InChI=1S/C25H16BrF3N2O4S2/c1-13-3-6-18(14(2)9-13)30-23(32)22(37-24(30)36)11-15-4-7-20(17(26)10-15)35-21-8-5-16(25(27,28)29)12-19(21)31(33)34/h3-12H,1-2H3/b22-11-. The van der Waals surface area contributed by atoms with Crippen LogP contribution in [0.2, 0.25) is 0 Å². The number of anilines is 1. The van der Waals surface area contributed by atoms with E-state index in [1.807, 2.05) is 32.0 Å². The third-order valence-corrected chi connectivity index (χ3v) is 7.27. The Hall–Kier alpha value is -3.22. The summed E-state index contributed by atoms with van der Waals surface area (Å²) >= 11 is 9.93. The Morgan fingerprint density at radius 1 is 1.08 bits per heavy atom. The third-order valence-electron chi connectivity index (χ3n) is 5.34. The number of ether oxygens (including phenoxy) is 1. The van der Waals surface area contributed by atoms with Crippen molar-refractivity contribution in [3.8, 4) is 11.5 Å². The maximum Gasteiger partial charge on any atom is 0.416 e. The smallest absolute Gasteiger partial charge is 0.416 e. The number of nitro benzene ring substituents is 1. The van der Waals surface area contributed by atoms with Crippen molar-refractivity contribution in [1.29, 1.82) is 0 Å². The maximum absolute atomic E-state index is 13.1. The zero-order chi connectivity index (χ0) is 27.1. The Balaban J connectivity index is 1.59. The van der Waals surface area contributed by atoms with Crippen molar-refractivity contribution in [2.24, 2.45) is 0 Å². The molecule has 0 aromatic heterocycles. The van der Waals surface area contributed by atoms with Gasteiger partial charge in [0.2, 0.25) is 5.75 Å². The van der Waals surface area contributed by atoms with E-state index < -0.39 is 22.4 Å². The van der Waals surface area contributed by atoms with Gasteiger partial charge in [-0.25, -0.2) is 0 Å². The van der Waals surface area contributed by atoms with Crippen LogP contribution in [0.4, 0.5) is 24.5 Å². The van der Waals surface area contributed by atoms with Gasteiger partial charge >= 0.3 is 11.9 Å². The average molecular weight is 609 g/mol. The fraction of sp³-hybridized carbons (Fsp3) is 0.120. The second-order valence-electron chi connectivity index (χ2n) is 8.04. The molecule has 3 aromatic rings. The Bertz CT molecular complexity index is 1490. The van der Waals surface area contributed by atoms with Crippen LogP contribution in [0.5, 0.6) is 11.5 Å². The van der Waals surface area contributed by atoms with Crippen molar-refractivity contribution in [2.75, 3.05) is 4.90 Å². The molecule has 0 aliphatic carbocycles. The van der Waals surface area contributed by atoms with Crippen LogP contribution in [0.15, 0.2) is 64.0 Å². The van der Waals surface area contributed by atoms with Crippen molar-refractivity contribution in [1.82, 2.24) is 0 Å². The molecule has 0 saturated carbocycles. The van der Waals surface area contributed by atoms with Crippen LogP contribution < -0.4 is 9.64 Å². The van der Waals surface area contributed by atoms with E-state index in [1.54, 1.807) is 18.2 Å². The quantitative estimate of drug-likeness (QED) is 0.126. The molecule has 1 aliphatic heterocycles. The molecule has 0 spiro atoms. The van der Waals surface area contributed by atoms with Gasteiger partial charge in [-0.3, -0.25) is 19.8 Å². The minimum absolute atomic E-state index is 0.142. The molecule has 0 bridgehead atoms. The van der Waals surface area contributed by atoms with E-state index in [-0.39, 0.29) is 17.4 Å². The molecule has 1 fully saturated rings. The highest BCUT2D eigenvalue weighted by Crippen LogP contribution is 2.41. The lowest BCUT2D eigenvalue weighted by Gasteiger charge is -2.17. The van der Waals surface area contributed by atoms with E-state index >= 15 is 0 Å². The van der Waals surface area contributed by atoms with Crippen molar-refractivity contribution >= 4 is 67.6 Å². The van der Waals surface area contributed by atoms with Crippen molar-refractivity contribution in [3.63, 3.8) is 0 Å². The first kappa shape index (κ1) is 26.8. The van der Waals surface area contributed by atoms with Gasteiger partial charge in [0.1, 0.15) is 5.75 Å². The van der Waals surface area contributed by atoms with E-state index in [1.165, 1.54) is 11.0 Å². The highest BCUT2D eigenvalue weighted by Gasteiger charge is 2.35. The summed E-state index contributed by atoms with van der Waals surface area (Å²) in [6, 6.07) is 12.5. The van der Waals surface area contributed by atoms with Crippen molar-refractivity contribution < 1.29 is 27.6 Å². The van der Waals surface area contributed by atoms with Crippen LogP contribution in [-0.4, -0.2) is 15.2 Å². The minimum Gasteiger partial charge on any atom is -0.449 e. The molecular formula is C25H16BrF3N2O4S2. The second kappa shape index (κ2) is 10.3. The summed E-state index contributed by atoms with van der Waals surface area (Å²) in [6.45, 7) is 3.86. The van der Waals surface area contributed by atoms with Crippen molar-refractivity contribution in [3.05, 3.63) is 96.3 Å². The lowest BCUT2D eigenvalue weighted by atomic mass is 10.1. The first-order chi connectivity index (χ1) is 17.3. The number of aryl methyl sites for hydroxylation is 2. The molecule has 1 amide bonds. The fourth-order valence-corrected chi connectivity index (χ4v) is 5.38. The SMILES string of the molecule is Cc1ccc(N2C(=O)/C(=C/c3ccc(Oc4ccc(C(F)(F)F)cc4[N+](=O)[O-])c(Br)c3)SC2=S)c(C)c1. The predicted molar refractivity (Wildman–Crippen MR) is 144 cm³/mol. The Labute approximate surface area is 227 Å². The summed E-state index contributed by atoms with van der Waals surface area (Å²) in [5.74, 6) is -0.470. The van der Waals surface area contributed by atoms with E-state index in [9.17, 15) is 28.1 Å². The van der Waals surface area contributed by atoms with E-state index in [4.69, 9.17) is 17.0 Å². The molecule has 0 atom stereocenters. The van der Waals surface area contributed by atoms with Crippen LogP contribution in [0.1, 0.15) is 22.3 Å². The molecule has 3 aromatic carbocycles. The summed E-state index contributed by atoms with van der Waals surface area (Å²) in [4.78, 5) is 25.4. The maximum atomic E-state index is 13.1. The Morgan fingerprint density at radius 3 is 2.41 bits per heavy atom. The number of benzene rings is 3. The number of hydrogen-bond acceptors (Lipinski definition) is 6. The number of amides is 1. The molecule has 0 N–H and O–H groups in total. The van der Waals surface area contributed by atoms with Gasteiger partial charge in [-0.2, -0.15) is 13.2 Å². The topological polar surface area (TPSA) is 72.7 Å². The normalized spacial score (nSPS) is 15.0. The Kier molecular flexibility index (Phi) is 7.45. The first-order valence-corrected chi connectivity index (χ1v) is 12.5. The summed E-state index contributed by atoms with van der Waals surface area (Å²) in [5.41, 5.74) is 1.33. The monoisotopic (exact) mass is 608 g/mol. The van der Waals surface area contributed by atoms with Crippen molar-refractivity contribution in [2.45, 2.75) is 20.0 Å². The van der Waals surface area contributed by atoms with Gasteiger partial charge in [-0.05, 0) is 77.3 Å². The third kappa shape index (κ3) is 5.71. The van der Waals surface area contributed by atoms with Gasteiger partial charge in [0, 0.05) is 6.07 Å². The summed E-state index contributed by atoms with van der Waals surface area (Å²) in [7, 11) is 0. The molecule has 37 heavy (non-hydrogen) atoms. The number of halogens is 4. The van der Waals surface area contributed by atoms with Gasteiger partial charge in [0.15, 0.2) is 4.32 Å². The van der Waals surface area contributed by atoms with Crippen LogP contribution in [-0.2, 0) is 11.0 Å². The summed E-state index contributed by atoms with van der Waals surface area (Å²) in [6.07, 6.45) is -3.08. The number of nitrogens with zero attached hydrogens (tertiary/aromatic N) is 2. The number of nitro groups is 1. The van der Waals surface area contributed by atoms with Crippen LogP contribution >= 0.6 is 39.9 Å². The highest BCUT2D eigenvalue weighted by atomic mass is 79.9. The molecular weight excluding hydrogens is 593 g/mol.